The van der Waals surface area contributed by atoms with Gasteiger partial charge in [-0.3, -0.25) is 9.78 Å². The van der Waals surface area contributed by atoms with Gasteiger partial charge in [0.15, 0.2) is 5.82 Å². The van der Waals surface area contributed by atoms with E-state index in [0.29, 0.717) is 18.5 Å². The molecule has 1 aliphatic rings. The number of fused-ring (bicyclic) bond motifs is 1. The number of carbonyl (C=O) groups is 1. The van der Waals surface area contributed by atoms with Crippen LogP contribution in [0.15, 0.2) is 48.8 Å². The van der Waals surface area contributed by atoms with E-state index in [-0.39, 0.29) is 17.7 Å². The van der Waals surface area contributed by atoms with Gasteiger partial charge in [-0.25, -0.2) is 0 Å². The van der Waals surface area contributed by atoms with Gasteiger partial charge in [0.1, 0.15) is 11.6 Å². The highest BCUT2D eigenvalue weighted by molar-refractivity contribution is 5.94. The zero-order valence-electron chi connectivity index (χ0n) is 15.5. The molecule has 29 heavy (non-hydrogen) atoms. The summed E-state index contributed by atoms with van der Waals surface area (Å²) in [4.78, 5) is 16.6. The summed E-state index contributed by atoms with van der Waals surface area (Å²) >= 11 is 0. The van der Waals surface area contributed by atoms with Crippen molar-refractivity contribution in [1.82, 2.24) is 25.1 Å². The van der Waals surface area contributed by atoms with Gasteiger partial charge in [-0.1, -0.05) is 0 Å². The molecular weight excluding hydrogens is 380 g/mol. The fourth-order valence-corrected chi connectivity index (χ4v) is 3.40. The number of nitrogens with zero attached hydrogens (tertiary/aromatic N) is 4. The maximum Gasteiger partial charge on any atom is 0.387 e. The largest absolute Gasteiger partial charge is 0.435 e. The Kier molecular flexibility index (Phi) is 5.46. The Morgan fingerprint density at radius 2 is 2.00 bits per heavy atom. The molecule has 1 unspecified atom stereocenters. The highest BCUT2D eigenvalue weighted by Crippen LogP contribution is 2.22. The molecule has 1 amide bonds. The molecule has 0 aliphatic carbocycles. The van der Waals surface area contributed by atoms with Gasteiger partial charge in [0.25, 0.3) is 5.91 Å². The number of ether oxygens (including phenoxy) is 1. The molecule has 1 N–H and O–H groups in total. The molecule has 1 aliphatic heterocycles. The Balaban J connectivity index is 1.40. The van der Waals surface area contributed by atoms with Gasteiger partial charge < -0.3 is 14.6 Å². The summed E-state index contributed by atoms with van der Waals surface area (Å²) in [5.41, 5.74) is 1.30. The lowest BCUT2D eigenvalue weighted by Crippen LogP contribution is -2.35. The van der Waals surface area contributed by atoms with Crippen molar-refractivity contribution >= 4 is 5.91 Å². The third kappa shape index (κ3) is 4.39. The van der Waals surface area contributed by atoms with E-state index in [1.165, 1.54) is 24.3 Å². The predicted molar refractivity (Wildman–Crippen MR) is 101 cm³/mol. The highest BCUT2D eigenvalue weighted by atomic mass is 19.3. The summed E-state index contributed by atoms with van der Waals surface area (Å²) in [7, 11) is 0. The van der Waals surface area contributed by atoms with Crippen LogP contribution in [0.1, 0.15) is 29.0 Å². The number of hydrogen-bond acceptors (Lipinski definition) is 5. The summed E-state index contributed by atoms with van der Waals surface area (Å²) in [6.45, 7) is -2.21. The van der Waals surface area contributed by atoms with Crippen LogP contribution in [0.5, 0.6) is 5.75 Å². The molecule has 2 aromatic heterocycles. The van der Waals surface area contributed by atoms with E-state index in [1.54, 1.807) is 12.4 Å². The number of aromatic nitrogens is 4. The standard InChI is InChI=1S/C20H19F2N5O2/c21-20(22)29-16-6-3-13(4-7-16)19(28)24-15-5-8-17-25-26-18(27(17)11-9-15)14-2-1-10-23-12-14/h1-4,6-7,10,12,15,20H,5,8-9,11H2,(H,24,28). The minimum Gasteiger partial charge on any atom is -0.435 e. The Hall–Kier alpha value is -3.36. The van der Waals surface area contributed by atoms with Crippen molar-refractivity contribution < 1.29 is 18.3 Å². The summed E-state index contributed by atoms with van der Waals surface area (Å²) in [6, 6.07) is 9.43. The number of nitrogens with one attached hydrogen (secondary N) is 1. The molecule has 0 spiro atoms. The fourth-order valence-electron chi connectivity index (χ4n) is 3.40. The van der Waals surface area contributed by atoms with Crippen molar-refractivity contribution in [2.45, 2.75) is 38.5 Å². The number of rotatable bonds is 5. The first-order chi connectivity index (χ1) is 14.1. The van der Waals surface area contributed by atoms with Crippen molar-refractivity contribution in [3.63, 3.8) is 0 Å². The van der Waals surface area contributed by atoms with E-state index in [1.807, 2.05) is 12.1 Å². The minimum absolute atomic E-state index is 0.0203. The van der Waals surface area contributed by atoms with Gasteiger partial charge >= 0.3 is 6.61 Å². The van der Waals surface area contributed by atoms with Crippen LogP contribution < -0.4 is 10.1 Å². The lowest BCUT2D eigenvalue weighted by Gasteiger charge is -2.16. The van der Waals surface area contributed by atoms with Crippen molar-refractivity contribution in [3.05, 3.63) is 60.2 Å². The van der Waals surface area contributed by atoms with Gasteiger partial charge in [0.05, 0.1) is 0 Å². The quantitative estimate of drug-likeness (QED) is 0.713. The molecule has 3 heterocycles. The number of benzene rings is 1. The Morgan fingerprint density at radius 1 is 1.17 bits per heavy atom. The summed E-state index contributed by atoms with van der Waals surface area (Å²) in [5.74, 6) is 1.43. The second-order valence-electron chi connectivity index (χ2n) is 6.73. The minimum atomic E-state index is -2.89. The van der Waals surface area contributed by atoms with Crippen molar-refractivity contribution in [1.29, 1.82) is 0 Å². The first-order valence-corrected chi connectivity index (χ1v) is 9.28. The van der Waals surface area contributed by atoms with Crippen molar-refractivity contribution in [2.75, 3.05) is 0 Å². The highest BCUT2D eigenvalue weighted by Gasteiger charge is 2.22. The van der Waals surface area contributed by atoms with E-state index in [2.05, 4.69) is 29.8 Å². The third-order valence-corrected chi connectivity index (χ3v) is 4.84. The number of halogens is 2. The van der Waals surface area contributed by atoms with Gasteiger partial charge in [-0.15, -0.1) is 10.2 Å². The van der Waals surface area contributed by atoms with E-state index >= 15 is 0 Å². The van der Waals surface area contributed by atoms with Crippen molar-refractivity contribution in [2.24, 2.45) is 0 Å². The first kappa shape index (κ1) is 19.0. The first-order valence-electron chi connectivity index (χ1n) is 9.28. The smallest absolute Gasteiger partial charge is 0.387 e. The normalized spacial score (nSPS) is 16.2. The van der Waals surface area contributed by atoms with E-state index in [4.69, 9.17) is 0 Å². The predicted octanol–water partition coefficient (Wildman–Crippen LogP) is 3.08. The molecule has 4 rings (SSSR count). The average molecular weight is 399 g/mol. The lowest BCUT2D eigenvalue weighted by atomic mass is 10.1. The van der Waals surface area contributed by atoms with Crippen LogP contribution in [-0.4, -0.2) is 38.3 Å². The third-order valence-electron chi connectivity index (χ3n) is 4.84. The SMILES string of the molecule is O=C(NC1CCc2nnc(-c3cccnc3)n2CC1)c1ccc(OC(F)F)cc1. The van der Waals surface area contributed by atoms with Gasteiger partial charge in [-0.05, 0) is 49.2 Å². The Bertz CT molecular complexity index is 976. The zero-order chi connectivity index (χ0) is 20.2. The molecule has 0 saturated carbocycles. The van der Waals surface area contributed by atoms with E-state index in [9.17, 15) is 13.6 Å². The number of pyridine rings is 1. The topological polar surface area (TPSA) is 81.9 Å². The molecule has 1 aromatic carbocycles. The maximum absolute atomic E-state index is 12.5. The van der Waals surface area contributed by atoms with Gasteiger partial charge in [-0.2, -0.15) is 8.78 Å². The molecular formula is C20H19F2N5O2. The molecule has 3 aromatic rings. The number of aryl methyl sites for hydroxylation is 1. The van der Waals surface area contributed by atoms with E-state index in [0.717, 1.165) is 30.1 Å². The molecule has 0 bridgehead atoms. The summed E-state index contributed by atoms with van der Waals surface area (Å²) in [5, 5.41) is 11.6. The average Bonchev–Trinajstić information content (AvgIpc) is 3.03. The fraction of sp³-hybridized carbons (Fsp3) is 0.300. The summed E-state index contributed by atoms with van der Waals surface area (Å²) < 4.78 is 30.8. The van der Waals surface area contributed by atoms with Crippen LogP contribution in [0.2, 0.25) is 0 Å². The number of alkyl halides is 2. The molecule has 7 nitrogen and oxygen atoms in total. The molecule has 9 heteroatoms. The zero-order valence-corrected chi connectivity index (χ0v) is 15.5. The number of amides is 1. The number of carbonyl (C=O) groups excluding carboxylic acids is 1. The second-order valence-corrected chi connectivity index (χ2v) is 6.73. The molecule has 1 atom stereocenters. The molecule has 0 fully saturated rings. The van der Waals surface area contributed by atoms with Crippen molar-refractivity contribution in [3.8, 4) is 17.1 Å². The number of hydrogen-bond donors (Lipinski definition) is 1. The van der Waals surface area contributed by atoms with Gasteiger partial charge in [0, 0.05) is 42.5 Å². The van der Waals surface area contributed by atoms with Crippen LogP contribution >= 0.6 is 0 Å². The molecule has 0 saturated heterocycles. The second kappa shape index (κ2) is 8.34. The van der Waals surface area contributed by atoms with Crippen LogP contribution in [0, 0.1) is 0 Å². The lowest BCUT2D eigenvalue weighted by molar-refractivity contribution is -0.0498. The van der Waals surface area contributed by atoms with Crippen LogP contribution in [0.3, 0.4) is 0 Å². The van der Waals surface area contributed by atoms with Crippen LogP contribution in [0.25, 0.3) is 11.4 Å². The summed E-state index contributed by atoms with van der Waals surface area (Å²) in [6.07, 6.45) is 5.63. The Labute approximate surface area is 165 Å². The van der Waals surface area contributed by atoms with Crippen LogP contribution in [0.4, 0.5) is 8.78 Å². The van der Waals surface area contributed by atoms with Gasteiger partial charge in [0.2, 0.25) is 0 Å². The van der Waals surface area contributed by atoms with Crippen LogP contribution in [-0.2, 0) is 13.0 Å². The molecule has 0 radical (unpaired) electrons. The van der Waals surface area contributed by atoms with E-state index < -0.39 is 6.61 Å². The maximum atomic E-state index is 12.5. The Morgan fingerprint density at radius 3 is 2.72 bits per heavy atom. The molecule has 150 valence electrons. The monoisotopic (exact) mass is 399 g/mol.